The van der Waals surface area contributed by atoms with Crippen molar-refractivity contribution in [2.75, 3.05) is 13.6 Å². The Balaban J connectivity index is 1.71. The van der Waals surface area contributed by atoms with Crippen LogP contribution in [-0.4, -0.2) is 39.6 Å². The summed E-state index contributed by atoms with van der Waals surface area (Å²) in [6.07, 6.45) is 4.28. The van der Waals surface area contributed by atoms with Gasteiger partial charge < -0.3 is 4.90 Å². The highest BCUT2D eigenvalue weighted by atomic mass is 32.1. The number of aryl methyl sites for hydroxylation is 3. The number of H-pyrrole nitrogens is 1. The number of hydrogen-bond donors (Lipinski definition) is 1. The molecule has 118 valence electrons. The van der Waals surface area contributed by atoms with Gasteiger partial charge in [-0.25, -0.2) is 4.98 Å². The Morgan fingerprint density at radius 3 is 3.09 bits per heavy atom. The van der Waals surface area contributed by atoms with Crippen molar-refractivity contribution in [2.45, 2.75) is 45.4 Å². The number of carbonyl (C=O) groups excluding carboxylic acids is 1. The van der Waals surface area contributed by atoms with Gasteiger partial charge in [-0.15, -0.1) is 11.3 Å². The summed E-state index contributed by atoms with van der Waals surface area (Å²) in [5.74, 6) is 0.335. The molecule has 0 unspecified atom stereocenters. The largest absolute Gasteiger partial charge is 0.340 e. The standard InChI is InChI=1S/C16H22N4OS/c1-4-12-8-13(19-18-12)16(21)20(3)9-11-6-5-7-14-15(11)17-10(2)22-14/h8,11H,4-7,9H2,1-3H3,(H,18,19)/t11-/m1/s1. The highest BCUT2D eigenvalue weighted by Gasteiger charge is 2.27. The van der Waals surface area contributed by atoms with Crippen LogP contribution < -0.4 is 0 Å². The summed E-state index contributed by atoms with van der Waals surface area (Å²) in [5.41, 5.74) is 2.71. The van der Waals surface area contributed by atoms with Crippen LogP contribution in [0.2, 0.25) is 0 Å². The normalized spacial score (nSPS) is 17.3. The van der Waals surface area contributed by atoms with E-state index in [1.165, 1.54) is 17.0 Å². The van der Waals surface area contributed by atoms with Gasteiger partial charge in [-0.1, -0.05) is 6.92 Å². The fraction of sp³-hybridized carbons (Fsp3) is 0.562. The first kappa shape index (κ1) is 15.2. The van der Waals surface area contributed by atoms with Crippen LogP contribution >= 0.6 is 11.3 Å². The number of fused-ring (bicyclic) bond motifs is 1. The quantitative estimate of drug-likeness (QED) is 0.943. The first-order valence-corrected chi connectivity index (χ1v) is 8.66. The Morgan fingerprint density at radius 1 is 1.55 bits per heavy atom. The molecule has 1 N–H and O–H groups in total. The van der Waals surface area contributed by atoms with E-state index >= 15 is 0 Å². The molecule has 0 fully saturated rings. The second kappa shape index (κ2) is 6.20. The molecule has 0 bridgehead atoms. The molecule has 2 aromatic rings. The van der Waals surface area contributed by atoms with Gasteiger partial charge in [0.2, 0.25) is 0 Å². The number of amides is 1. The van der Waals surface area contributed by atoms with Crippen LogP contribution in [0.15, 0.2) is 6.07 Å². The molecule has 6 heteroatoms. The Hall–Kier alpha value is -1.69. The number of thiazole rings is 1. The van der Waals surface area contributed by atoms with Crippen molar-refractivity contribution in [1.29, 1.82) is 0 Å². The van der Waals surface area contributed by atoms with Gasteiger partial charge >= 0.3 is 0 Å². The first-order valence-electron chi connectivity index (χ1n) is 7.84. The molecular formula is C16H22N4OS. The molecule has 1 atom stereocenters. The molecule has 2 aromatic heterocycles. The van der Waals surface area contributed by atoms with Crippen LogP contribution in [0.25, 0.3) is 0 Å². The van der Waals surface area contributed by atoms with E-state index in [2.05, 4.69) is 17.1 Å². The third-order valence-electron chi connectivity index (χ3n) is 4.25. The summed E-state index contributed by atoms with van der Waals surface area (Å²) < 4.78 is 0. The van der Waals surface area contributed by atoms with Gasteiger partial charge in [0.1, 0.15) is 5.69 Å². The smallest absolute Gasteiger partial charge is 0.274 e. The lowest BCUT2D eigenvalue weighted by Crippen LogP contribution is -2.32. The van der Waals surface area contributed by atoms with E-state index in [1.807, 2.05) is 20.0 Å². The highest BCUT2D eigenvalue weighted by molar-refractivity contribution is 7.11. The summed E-state index contributed by atoms with van der Waals surface area (Å²) in [6, 6.07) is 1.85. The summed E-state index contributed by atoms with van der Waals surface area (Å²) in [5, 5.41) is 8.16. The van der Waals surface area contributed by atoms with Crippen molar-refractivity contribution < 1.29 is 4.79 Å². The number of nitrogens with one attached hydrogen (secondary N) is 1. The van der Waals surface area contributed by atoms with E-state index in [9.17, 15) is 4.79 Å². The fourth-order valence-electron chi connectivity index (χ4n) is 3.07. The van der Waals surface area contributed by atoms with Crippen LogP contribution in [0.3, 0.4) is 0 Å². The van der Waals surface area contributed by atoms with Crippen molar-refractivity contribution in [2.24, 2.45) is 0 Å². The van der Waals surface area contributed by atoms with E-state index in [4.69, 9.17) is 4.98 Å². The number of aromatic nitrogens is 3. The summed E-state index contributed by atoms with van der Waals surface area (Å²) in [7, 11) is 1.86. The molecule has 2 heterocycles. The third-order valence-corrected chi connectivity index (χ3v) is 5.30. The van der Waals surface area contributed by atoms with Crippen LogP contribution in [-0.2, 0) is 12.8 Å². The number of nitrogens with zero attached hydrogens (tertiary/aromatic N) is 3. The predicted octanol–water partition coefficient (Wildman–Crippen LogP) is 2.93. The minimum Gasteiger partial charge on any atom is -0.340 e. The average Bonchev–Trinajstić information content (AvgIpc) is 3.12. The maximum Gasteiger partial charge on any atom is 0.274 e. The maximum absolute atomic E-state index is 12.5. The Morgan fingerprint density at radius 2 is 2.36 bits per heavy atom. The second-order valence-corrected chi connectivity index (χ2v) is 7.24. The van der Waals surface area contributed by atoms with Crippen molar-refractivity contribution in [3.63, 3.8) is 0 Å². The van der Waals surface area contributed by atoms with Gasteiger partial charge in [-0.2, -0.15) is 5.10 Å². The van der Waals surface area contributed by atoms with Gasteiger partial charge in [0, 0.05) is 30.1 Å². The van der Waals surface area contributed by atoms with Gasteiger partial charge in [-0.05, 0) is 38.7 Å². The molecule has 0 aliphatic heterocycles. The highest BCUT2D eigenvalue weighted by Crippen LogP contribution is 2.35. The first-order chi connectivity index (χ1) is 10.6. The predicted molar refractivity (Wildman–Crippen MR) is 87.5 cm³/mol. The van der Waals surface area contributed by atoms with Gasteiger partial charge in [-0.3, -0.25) is 9.89 Å². The molecule has 3 rings (SSSR count). The average molecular weight is 318 g/mol. The van der Waals surface area contributed by atoms with Crippen LogP contribution in [0.1, 0.15) is 57.4 Å². The third kappa shape index (κ3) is 2.92. The molecule has 22 heavy (non-hydrogen) atoms. The number of carbonyl (C=O) groups is 1. The fourth-order valence-corrected chi connectivity index (χ4v) is 4.13. The molecule has 1 aliphatic carbocycles. The Bertz CT molecular complexity index is 675. The van der Waals surface area contributed by atoms with Gasteiger partial charge in [0.15, 0.2) is 0 Å². The zero-order valence-corrected chi connectivity index (χ0v) is 14.2. The zero-order chi connectivity index (χ0) is 15.7. The number of hydrogen-bond acceptors (Lipinski definition) is 4. The molecular weight excluding hydrogens is 296 g/mol. The van der Waals surface area contributed by atoms with E-state index in [0.29, 0.717) is 18.2 Å². The van der Waals surface area contributed by atoms with Crippen LogP contribution in [0.4, 0.5) is 0 Å². The van der Waals surface area contributed by atoms with Gasteiger partial charge in [0.25, 0.3) is 5.91 Å². The van der Waals surface area contributed by atoms with Crippen molar-refractivity contribution in [1.82, 2.24) is 20.1 Å². The molecule has 0 spiro atoms. The molecule has 1 aliphatic rings. The second-order valence-electron chi connectivity index (χ2n) is 5.95. The number of rotatable bonds is 4. The Kier molecular flexibility index (Phi) is 4.29. The molecule has 0 radical (unpaired) electrons. The van der Waals surface area contributed by atoms with E-state index < -0.39 is 0 Å². The Labute approximate surface area is 134 Å². The van der Waals surface area contributed by atoms with Crippen LogP contribution in [0, 0.1) is 6.92 Å². The van der Waals surface area contributed by atoms with Crippen molar-refractivity contribution in [3.8, 4) is 0 Å². The summed E-state index contributed by atoms with van der Waals surface area (Å²) >= 11 is 1.80. The molecule has 0 saturated heterocycles. The summed E-state index contributed by atoms with van der Waals surface area (Å²) in [6.45, 7) is 4.81. The lowest BCUT2D eigenvalue weighted by molar-refractivity contribution is 0.0777. The zero-order valence-electron chi connectivity index (χ0n) is 13.3. The van der Waals surface area contributed by atoms with Crippen molar-refractivity contribution >= 4 is 17.2 Å². The lowest BCUT2D eigenvalue weighted by atomic mass is 9.90. The van der Waals surface area contributed by atoms with E-state index in [0.717, 1.165) is 30.0 Å². The minimum atomic E-state index is -0.0185. The number of aromatic amines is 1. The topological polar surface area (TPSA) is 61.9 Å². The maximum atomic E-state index is 12.5. The lowest BCUT2D eigenvalue weighted by Gasteiger charge is -2.26. The summed E-state index contributed by atoms with van der Waals surface area (Å²) in [4.78, 5) is 20.4. The number of likely N-dealkylation sites (N-methyl/N-ethyl adjacent to an activating group) is 1. The van der Waals surface area contributed by atoms with E-state index in [-0.39, 0.29) is 5.91 Å². The van der Waals surface area contributed by atoms with E-state index in [1.54, 1.807) is 16.2 Å². The van der Waals surface area contributed by atoms with Gasteiger partial charge in [0.05, 0.1) is 10.7 Å². The molecule has 1 amide bonds. The molecule has 0 aromatic carbocycles. The molecule has 0 saturated carbocycles. The van der Waals surface area contributed by atoms with Crippen LogP contribution in [0.5, 0.6) is 0 Å². The minimum absolute atomic E-state index is 0.0185. The molecule has 5 nitrogen and oxygen atoms in total. The monoisotopic (exact) mass is 318 g/mol. The van der Waals surface area contributed by atoms with Crippen molar-refractivity contribution in [3.05, 3.63) is 33.0 Å². The SMILES string of the molecule is CCc1cc(C(=O)N(C)C[C@H]2CCCc3sc(C)nc32)n[nH]1.